The number of aromatic nitrogens is 2. The van der Waals surface area contributed by atoms with Crippen LogP contribution in [-0.4, -0.2) is 15.5 Å². The summed E-state index contributed by atoms with van der Waals surface area (Å²) >= 11 is 3.15. The predicted molar refractivity (Wildman–Crippen MR) is 121 cm³/mol. The molecule has 3 aromatic heterocycles. The summed E-state index contributed by atoms with van der Waals surface area (Å²) < 4.78 is 1.49. The minimum Gasteiger partial charge on any atom is -0.368 e. The van der Waals surface area contributed by atoms with E-state index in [-0.39, 0.29) is 5.56 Å². The predicted octanol–water partition coefficient (Wildman–Crippen LogP) is 4.85. The molecule has 3 heterocycles. The number of nitrogens with two attached hydrogens (primary N) is 1. The third-order valence-corrected chi connectivity index (χ3v) is 7.09. The van der Waals surface area contributed by atoms with Gasteiger partial charge in [0.15, 0.2) is 0 Å². The molecule has 2 N–H and O–H groups in total. The van der Waals surface area contributed by atoms with Crippen LogP contribution in [0.25, 0.3) is 32.0 Å². The summed E-state index contributed by atoms with van der Waals surface area (Å²) in [5, 5.41) is 2.58. The van der Waals surface area contributed by atoms with E-state index in [0.717, 1.165) is 27.3 Å². The zero-order valence-corrected chi connectivity index (χ0v) is 17.8. The lowest BCUT2D eigenvalue weighted by molar-refractivity contribution is -0.121. The maximum atomic E-state index is 13.8. The molecule has 148 valence electrons. The number of fused-ring (bicyclic) bond motifs is 1. The number of primary amides is 1. The molecule has 0 aliphatic rings. The zero-order chi connectivity index (χ0) is 20.5. The maximum absolute atomic E-state index is 13.8. The average molecular weight is 424 g/mol. The third kappa shape index (κ3) is 3.30. The minimum absolute atomic E-state index is 0.209. The lowest BCUT2D eigenvalue weighted by Crippen LogP contribution is -2.35. The molecule has 1 aromatic carbocycles. The summed E-state index contributed by atoms with van der Waals surface area (Å²) in [7, 11) is 0. The van der Waals surface area contributed by atoms with E-state index in [9.17, 15) is 9.59 Å². The molecule has 0 saturated heterocycles. The Morgan fingerprint density at radius 3 is 2.52 bits per heavy atom. The van der Waals surface area contributed by atoms with Gasteiger partial charge in [0.2, 0.25) is 5.91 Å². The Morgan fingerprint density at radius 1 is 1.17 bits per heavy atom. The first-order valence-electron chi connectivity index (χ1n) is 9.53. The van der Waals surface area contributed by atoms with Crippen molar-refractivity contribution >= 4 is 38.8 Å². The van der Waals surface area contributed by atoms with E-state index in [4.69, 9.17) is 10.7 Å². The van der Waals surface area contributed by atoms with Gasteiger partial charge < -0.3 is 5.73 Å². The summed E-state index contributed by atoms with van der Waals surface area (Å²) in [5.74, 6) is -0.0491. The van der Waals surface area contributed by atoms with Crippen molar-refractivity contribution in [2.24, 2.45) is 5.73 Å². The van der Waals surface area contributed by atoms with Gasteiger partial charge in [-0.2, -0.15) is 0 Å². The van der Waals surface area contributed by atoms with E-state index >= 15 is 0 Å². The molecule has 4 aromatic rings. The first kappa shape index (κ1) is 19.5. The number of nitrogens with zero attached hydrogens (tertiary/aromatic N) is 2. The second-order valence-electron chi connectivity index (χ2n) is 6.71. The summed E-state index contributed by atoms with van der Waals surface area (Å²) in [4.78, 5) is 33.8. The molecule has 1 unspecified atom stereocenters. The number of thiophene rings is 2. The van der Waals surface area contributed by atoms with E-state index in [1.165, 1.54) is 4.57 Å². The number of carbonyl (C=O) groups is 1. The van der Waals surface area contributed by atoms with Crippen molar-refractivity contribution in [3.05, 3.63) is 63.1 Å². The Kier molecular flexibility index (Phi) is 5.34. The fourth-order valence-corrected chi connectivity index (χ4v) is 5.61. The molecule has 4 rings (SSSR count). The Hall–Kier alpha value is -2.77. The molecule has 1 amide bonds. The monoisotopic (exact) mass is 423 g/mol. The lowest BCUT2D eigenvalue weighted by atomic mass is 10.1. The number of benzene rings is 1. The summed E-state index contributed by atoms with van der Waals surface area (Å²) in [6.07, 6.45) is 1.22. The van der Waals surface area contributed by atoms with Crippen LogP contribution in [0.2, 0.25) is 0 Å². The van der Waals surface area contributed by atoms with Crippen LogP contribution in [0, 0.1) is 0 Å². The van der Waals surface area contributed by atoms with Crippen LogP contribution in [0.5, 0.6) is 0 Å². The molecule has 0 spiro atoms. The second kappa shape index (κ2) is 7.93. The molecule has 5 nitrogen and oxygen atoms in total. The number of aryl methyl sites for hydroxylation is 1. The Balaban J connectivity index is 2.14. The van der Waals surface area contributed by atoms with Gasteiger partial charge in [-0.1, -0.05) is 50.2 Å². The lowest BCUT2D eigenvalue weighted by Gasteiger charge is -2.19. The van der Waals surface area contributed by atoms with Gasteiger partial charge in [-0.05, 0) is 24.3 Å². The molecule has 0 saturated carbocycles. The Labute approximate surface area is 176 Å². The maximum Gasteiger partial charge on any atom is 0.263 e. The van der Waals surface area contributed by atoms with Gasteiger partial charge in [0.05, 0.1) is 5.39 Å². The Morgan fingerprint density at radius 2 is 1.93 bits per heavy atom. The largest absolute Gasteiger partial charge is 0.368 e. The SMILES string of the molecule is CCc1sc2nc(-c3ccccc3)n(C(CC)C(N)=O)c(=O)c2c1-c1cccs1. The van der Waals surface area contributed by atoms with E-state index in [2.05, 4.69) is 6.92 Å². The van der Waals surface area contributed by atoms with E-state index in [1.54, 1.807) is 22.7 Å². The standard InChI is InChI=1S/C22H21N3O2S2/c1-3-14(19(23)26)25-20(13-9-6-5-7-10-13)24-21-18(22(25)27)17(15(4-2)29-21)16-11-8-12-28-16/h5-12,14H,3-4H2,1-2H3,(H2,23,26). The van der Waals surface area contributed by atoms with Crippen molar-refractivity contribution in [2.75, 3.05) is 0 Å². The quantitative estimate of drug-likeness (QED) is 0.481. The number of carbonyl (C=O) groups excluding carboxylic acids is 1. The molecule has 0 fully saturated rings. The topological polar surface area (TPSA) is 78.0 Å². The second-order valence-corrected chi connectivity index (χ2v) is 8.75. The molecule has 29 heavy (non-hydrogen) atoms. The number of hydrogen-bond donors (Lipinski definition) is 1. The van der Waals surface area contributed by atoms with E-state index in [1.807, 2.05) is 54.8 Å². The fraction of sp³-hybridized carbons (Fsp3) is 0.227. The first-order chi connectivity index (χ1) is 14.1. The average Bonchev–Trinajstić information content (AvgIpc) is 3.37. The van der Waals surface area contributed by atoms with Gasteiger partial charge in [0.25, 0.3) is 5.56 Å². The molecular formula is C22H21N3O2S2. The van der Waals surface area contributed by atoms with Gasteiger partial charge in [0.1, 0.15) is 16.7 Å². The molecular weight excluding hydrogens is 402 g/mol. The van der Waals surface area contributed by atoms with Crippen LogP contribution in [0.1, 0.15) is 31.2 Å². The highest BCUT2D eigenvalue weighted by atomic mass is 32.1. The fourth-order valence-electron chi connectivity index (χ4n) is 3.63. The highest BCUT2D eigenvalue weighted by molar-refractivity contribution is 7.20. The van der Waals surface area contributed by atoms with Crippen molar-refractivity contribution in [3.8, 4) is 21.8 Å². The van der Waals surface area contributed by atoms with Crippen LogP contribution in [0.4, 0.5) is 0 Å². The van der Waals surface area contributed by atoms with Gasteiger partial charge in [-0.15, -0.1) is 22.7 Å². The molecule has 7 heteroatoms. The van der Waals surface area contributed by atoms with E-state index < -0.39 is 11.9 Å². The smallest absolute Gasteiger partial charge is 0.263 e. The minimum atomic E-state index is -0.754. The first-order valence-corrected chi connectivity index (χ1v) is 11.2. The van der Waals surface area contributed by atoms with Gasteiger partial charge in [-0.25, -0.2) is 4.98 Å². The van der Waals surface area contributed by atoms with Crippen molar-refractivity contribution in [1.29, 1.82) is 0 Å². The molecule has 0 aliphatic heterocycles. The molecule has 0 aliphatic carbocycles. The highest BCUT2D eigenvalue weighted by Gasteiger charge is 2.27. The Bertz CT molecular complexity index is 1220. The highest BCUT2D eigenvalue weighted by Crippen LogP contribution is 2.39. The normalized spacial score (nSPS) is 12.3. The van der Waals surface area contributed by atoms with Gasteiger partial charge in [0, 0.05) is 20.9 Å². The third-order valence-electron chi connectivity index (χ3n) is 4.98. The molecule has 0 radical (unpaired) electrons. The number of rotatable bonds is 6. The number of hydrogen-bond acceptors (Lipinski definition) is 5. The van der Waals surface area contributed by atoms with Crippen LogP contribution < -0.4 is 11.3 Å². The van der Waals surface area contributed by atoms with Crippen molar-refractivity contribution in [3.63, 3.8) is 0 Å². The number of amides is 1. The van der Waals surface area contributed by atoms with Crippen LogP contribution in [0.3, 0.4) is 0 Å². The molecule has 1 atom stereocenters. The van der Waals surface area contributed by atoms with Crippen LogP contribution in [0.15, 0.2) is 52.6 Å². The van der Waals surface area contributed by atoms with Gasteiger partial charge >= 0.3 is 0 Å². The van der Waals surface area contributed by atoms with Crippen molar-refractivity contribution in [2.45, 2.75) is 32.7 Å². The molecule has 0 bridgehead atoms. The van der Waals surface area contributed by atoms with Gasteiger partial charge in [-0.3, -0.25) is 14.2 Å². The zero-order valence-electron chi connectivity index (χ0n) is 16.2. The summed E-state index contributed by atoms with van der Waals surface area (Å²) in [5.41, 5.74) is 7.20. The van der Waals surface area contributed by atoms with E-state index in [0.29, 0.717) is 22.5 Å². The van der Waals surface area contributed by atoms with Crippen molar-refractivity contribution < 1.29 is 4.79 Å². The summed E-state index contributed by atoms with van der Waals surface area (Å²) in [6, 6.07) is 12.7. The van der Waals surface area contributed by atoms with Crippen LogP contribution in [-0.2, 0) is 11.2 Å². The van der Waals surface area contributed by atoms with Crippen LogP contribution >= 0.6 is 22.7 Å². The summed E-state index contributed by atoms with van der Waals surface area (Å²) in [6.45, 7) is 3.93. The van der Waals surface area contributed by atoms with Crippen molar-refractivity contribution in [1.82, 2.24) is 9.55 Å².